The lowest BCUT2D eigenvalue weighted by atomic mass is 10.0. The Morgan fingerprint density at radius 3 is 2.21 bits per heavy atom. The molecule has 13 heteroatoms. The molecule has 0 saturated carbocycles. The van der Waals surface area contributed by atoms with Gasteiger partial charge in [-0.1, -0.05) is 6.07 Å². The molecule has 4 rings (SSSR count). The van der Waals surface area contributed by atoms with Crippen LogP contribution in [0, 0.1) is 0 Å². The molecule has 2 amide bonds. The molecule has 0 atom stereocenters. The molecule has 2 aromatic carbocycles. The SMILES string of the molecule is O=C1NC(=S)O/C1=C\c1ccc2c(c1)N(Cc1cc(C(F)(F)F)cc(C(F)(F)F)c1)C(=O)CO2. The van der Waals surface area contributed by atoms with Crippen LogP contribution < -0.4 is 15.0 Å². The standard InChI is InChI=1S/C21H12F6N2O4S/c22-20(23,24)12-3-11(4-13(7-12)21(25,26)27)8-29-14-5-10(1-2-15(14)32-9-17(29)30)6-16-18(31)28-19(34)33-16/h1-7H,8-9H2,(H,28,31,34)/b16-6-. The molecule has 2 aliphatic rings. The smallest absolute Gasteiger partial charge is 0.416 e. The van der Waals surface area contributed by atoms with Gasteiger partial charge in [-0.25, -0.2) is 0 Å². The van der Waals surface area contributed by atoms with E-state index in [0.29, 0.717) is 17.7 Å². The second-order valence-electron chi connectivity index (χ2n) is 7.26. The van der Waals surface area contributed by atoms with Gasteiger partial charge in [-0.3, -0.25) is 14.9 Å². The Balaban J connectivity index is 1.73. The van der Waals surface area contributed by atoms with Gasteiger partial charge >= 0.3 is 12.4 Å². The highest BCUT2D eigenvalue weighted by Crippen LogP contribution is 2.38. The number of carbonyl (C=O) groups is 2. The van der Waals surface area contributed by atoms with Crippen molar-refractivity contribution in [1.82, 2.24) is 5.32 Å². The zero-order valence-corrected chi connectivity index (χ0v) is 17.5. The largest absolute Gasteiger partial charge is 0.482 e. The fourth-order valence-electron chi connectivity index (χ4n) is 3.35. The van der Waals surface area contributed by atoms with E-state index in [4.69, 9.17) is 21.7 Å². The van der Waals surface area contributed by atoms with Crippen LogP contribution in [0.5, 0.6) is 5.75 Å². The van der Waals surface area contributed by atoms with Gasteiger partial charge in [0.05, 0.1) is 23.4 Å². The number of rotatable bonds is 3. The molecule has 2 aromatic rings. The number of anilines is 1. The summed E-state index contributed by atoms with van der Waals surface area (Å²) in [7, 11) is 0. The minimum atomic E-state index is -5.02. The van der Waals surface area contributed by atoms with Crippen molar-refractivity contribution in [2.75, 3.05) is 11.5 Å². The summed E-state index contributed by atoms with van der Waals surface area (Å²) >= 11 is 4.74. The molecule has 6 nitrogen and oxygen atoms in total. The van der Waals surface area contributed by atoms with Gasteiger partial charge in [0.1, 0.15) is 5.75 Å². The van der Waals surface area contributed by atoms with Crippen LogP contribution in [0.2, 0.25) is 0 Å². The highest BCUT2D eigenvalue weighted by Gasteiger charge is 2.37. The van der Waals surface area contributed by atoms with Crippen molar-refractivity contribution in [2.45, 2.75) is 18.9 Å². The van der Waals surface area contributed by atoms with E-state index >= 15 is 0 Å². The lowest BCUT2D eigenvalue weighted by Gasteiger charge is -2.30. The molecule has 178 valence electrons. The number of carbonyl (C=O) groups excluding carboxylic acids is 2. The summed E-state index contributed by atoms with van der Waals surface area (Å²) in [6, 6.07) is 5.47. The van der Waals surface area contributed by atoms with Crippen molar-refractivity contribution in [1.29, 1.82) is 0 Å². The first kappa shape index (κ1) is 23.5. The van der Waals surface area contributed by atoms with Crippen LogP contribution >= 0.6 is 12.2 Å². The van der Waals surface area contributed by atoms with Crippen LogP contribution in [-0.4, -0.2) is 23.6 Å². The van der Waals surface area contributed by atoms with Gasteiger partial charge in [0, 0.05) is 0 Å². The highest BCUT2D eigenvalue weighted by atomic mass is 32.1. The first-order valence-electron chi connectivity index (χ1n) is 9.42. The van der Waals surface area contributed by atoms with E-state index in [1.807, 2.05) is 0 Å². The van der Waals surface area contributed by atoms with E-state index in [1.165, 1.54) is 24.3 Å². The number of fused-ring (bicyclic) bond motifs is 1. The Kier molecular flexibility index (Phi) is 5.75. The molecule has 34 heavy (non-hydrogen) atoms. The van der Waals surface area contributed by atoms with Crippen molar-refractivity contribution in [3.05, 3.63) is 64.4 Å². The van der Waals surface area contributed by atoms with Crippen LogP contribution in [0.4, 0.5) is 32.0 Å². The van der Waals surface area contributed by atoms with Crippen molar-refractivity contribution in [3.8, 4) is 5.75 Å². The van der Waals surface area contributed by atoms with Gasteiger partial charge in [0.2, 0.25) is 0 Å². The lowest BCUT2D eigenvalue weighted by molar-refractivity contribution is -0.143. The first-order valence-corrected chi connectivity index (χ1v) is 9.82. The number of alkyl halides is 6. The topological polar surface area (TPSA) is 67.9 Å². The van der Waals surface area contributed by atoms with Crippen molar-refractivity contribution in [2.24, 2.45) is 0 Å². The molecule has 0 radical (unpaired) electrons. The van der Waals surface area contributed by atoms with Gasteiger partial charge < -0.3 is 14.4 Å². The van der Waals surface area contributed by atoms with E-state index in [9.17, 15) is 35.9 Å². The number of halogens is 6. The molecule has 1 saturated heterocycles. The molecule has 2 aliphatic heterocycles. The Labute approximate surface area is 192 Å². The van der Waals surface area contributed by atoms with Crippen LogP contribution in [0.3, 0.4) is 0 Å². The third kappa shape index (κ3) is 4.83. The second-order valence-corrected chi connectivity index (χ2v) is 7.63. The number of thiocarbonyl (C=S) groups is 1. The molecule has 0 aromatic heterocycles. The fraction of sp³-hybridized carbons (Fsp3) is 0.190. The predicted molar refractivity (Wildman–Crippen MR) is 109 cm³/mol. The van der Waals surface area contributed by atoms with Gasteiger partial charge in [0.25, 0.3) is 17.0 Å². The van der Waals surface area contributed by atoms with Crippen molar-refractivity contribution < 1.29 is 45.4 Å². The maximum atomic E-state index is 13.2. The van der Waals surface area contributed by atoms with Crippen LogP contribution in [0.1, 0.15) is 22.3 Å². The number of hydrogen-bond donors (Lipinski definition) is 1. The van der Waals surface area contributed by atoms with E-state index < -0.39 is 48.4 Å². The van der Waals surface area contributed by atoms with Gasteiger partial charge in [-0.05, 0) is 59.8 Å². The quantitative estimate of drug-likeness (QED) is 0.383. The monoisotopic (exact) mass is 502 g/mol. The number of amides is 2. The summed E-state index contributed by atoms with van der Waals surface area (Å²) in [5.41, 5.74) is -2.92. The molecular formula is C21H12F6N2O4S. The third-order valence-electron chi connectivity index (χ3n) is 4.85. The summed E-state index contributed by atoms with van der Waals surface area (Å²) in [5, 5.41) is 2.11. The van der Waals surface area contributed by atoms with Crippen LogP contribution in [-0.2, 0) is 33.2 Å². The van der Waals surface area contributed by atoms with Gasteiger partial charge in [-0.2, -0.15) is 26.3 Å². The minimum Gasteiger partial charge on any atom is -0.482 e. The second kappa shape index (κ2) is 8.31. The number of hydrogen-bond acceptors (Lipinski definition) is 5. The Morgan fingerprint density at radius 2 is 1.65 bits per heavy atom. The summed E-state index contributed by atoms with van der Waals surface area (Å²) in [5.74, 6) is -1.24. The molecule has 0 unspecified atom stereocenters. The maximum absolute atomic E-state index is 13.2. The number of ether oxygens (including phenoxy) is 2. The lowest BCUT2D eigenvalue weighted by Crippen LogP contribution is -2.38. The fourth-order valence-corrected chi connectivity index (χ4v) is 3.53. The summed E-state index contributed by atoms with van der Waals surface area (Å²) in [6.45, 7) is -1.04. The predicted octanol–water partition coefficient (Wildman–Crippen LogP) is 4.42. The number of benzene rings is 2. The van der Waals surface area contributed by atoms with E-state index in [0.717, 1.165) is 4.90 Å². The molecule has 0 bridgehead atoms. The van der Waals surface area contributed by atoms with E-state index in [2.05, 4.69) is 5.32 Å². The molecule has 1 fully saturated rings. The Morgan fingerprint density at radius 1 is 1.00 bits per heavy atom. The normalized spacial score (nSPS) is 17.4. The average Bonchev–Trinajstić information content (AvgIpc) is 3.05. The Bertz CT molecular complexity index is 1210. The minimum absolute atomic E-state index is 0.0138. The van der Waals surface area contributed by atoms with Gasteiger partial charge in [0.15, 0.2) is 12.4 Å². The van der Waals surface area contributed by atoms with E-state index in [-0.39, 0.29) is 34.0 Å². The van der Waals surface area contributed by atoms with Crippen molar-refractivity contribution >= 4 is 41.0 Å². The molecule has 1 N–H and O–H groups in total. The zero-order chi connectivity index (χ0) is 24.8. The van der Waals surface area contributed by atoms with Crippen molar-refractivity contribution in [3.63, 3.8) is 0 Å². The molecule has 2 heterocycles. The Hall–Kier alpha value is -3.61. The molecular weight excluding hydrogens is 490 g/mol. The molecule has 0 spiro atoms. The number of nitrogens with zero attached hydrogens (tertiary/aromatic N) is 1. The maximum Gasteiger partial charge on any atom is 0.416 e. The van der Waals surface area contributed by atoms with Crippen LogP contribution in [0.25, 0.3) is 6.08 Å². The van der Waals surface area contributed by atoms with Gasteiger partial charge in [-0.15, -0.1) is 0 Å². The summed E-state index contributed by atoms with van der Waals surface area (Å²) < 4.78 is 89.6. The first-order chi connectivity index (χ1) is 15.8. The summed E-state index contributed by atoms with van der Waals surface area (Å²) in [4.78, 5) is 25.3. The third-order valence-corrected chi connectivity index (χ3v) is 5.04. The van der Waals surface area contributed by atoms with Crippen LogP contribution in [0.15, 0.2) is 42.2 Å². The summed E-state index contributed by atoms with van der Waals surface area (Å²) in [6.07, 6.45) is -8.74. The number of nitrogens with one attached hydrogen (secondary N) is 1. The highest BCUT2D eigenvalue weighted by molar-refractivity contribution is 7.80. The molecule has 0 aliphatic carbocycles. The zero-order valence-electron chi connectivity index (χ0n) is 16.7. The van der Waals surface area contributed by atoms with E-state index in [1.54, 1.807) is 0 Å². The average molecular weight is 502 g/mol.